The van der Waals surface area contributed by atoms with E-state index in [-0.39, 0.29) is 66.5 Å². The Balaban J connectivity index is 1.79. The summed E-state index contributed by atoms with van der Waals surface area (Å²) in [7, 11) is 6.18. The summed E-state index contributed by atoms with van der Waals surface area (Å²) < 4.78 is 16.6. The Kier molecular flexibility index (Phi) is 13.8. The van der Waals surface area contributed by atoms with Gasteiger partial charge in [-0.3, -0.25) is 24.1 Å². The van der Waals surface area contributed by atoms with Crippen molar-refractivity contribution in [2.75, 3.05) is 41.5 Å². The van der Waals surface area contributed by atoms with Gasteiger partial charge in [0.25, 0.3) is 0 Å². The Labute approximate surface area is 275 Å². The van der Waals surface area contributed by atoms with Gasteiger partial charge in [0.2, 0.25) is 17.7 Å². The lowest BCUT2D eigenvalue weighted by atomic mass is 9.89. The first-order valence-electron chi connectivity index (χ1n) is 17.0. The summed E-state index contributed by atoms with van der Waals surface area (Å²) in [4.78, 5) is 59.5. The third-order valence-corrected chi connectivity index (χ3v) is 10.9. The van der Waals surface area contributed by atoms with Crippen LogP contribution in [0.4, 0.5) is 0 Å². The Morgan fingerprint density at radius 3 is 2.30 bits per heavy atom. The van der Waals surface area contributed by atoms with Gasteiger partial charge in [0.15, 0.2) is 0 Å². The number of nitrogens with zero attached hydrogens (tertiary/aromatic N) is 4. The predicted molar refractivity (Wildman–Crippen MR) is 172 cm³/mol. The van der Waals surface area contributed by atoms with Crippen molar-refractivity contribution in [1.82, 2.24) is 20.0 Å². The number of carbonyl (C=O) groups excluding carboxylic acids is 4. The van der Waals surface area contributed by atoms with E-state index >= 15 is 0 Å². The number of methoxy groups -OCH3 is 3. The normalized spacial score (nSPS) is 26.6. The van der Waals surface area contributed by atoms with E-state index in [2.05, 4.69) is 11.4 Å². The second-order valence-electron chi connectivity index (χ2n) is 13.8. The first kappa shape index (κ1) is 37.7. The monoisotopic (exact) mass is 647 g/mol. The molecule has 0 aromatic rings. The lowest BCUT2D eigenvalue weighted by Gasteiger charge is -2.41. The Morgan fingerprint density at radius 1 is 1.04 bits per heavy atom. The summed E-state index contributed by atoms with van der Waals surface area (Å²) in [6.45, 7) is 10.4. The highest BCUT2D eigenvalue weighted by atomic mass is 16.5. The van der Waals surface area contributed by atoms with Crippen molar-refractivity contribution in [2.45, 2.75) is 122 Å². The third kappa shape index (κ3) is 8.03. The number of piperidine rings is 1. The van der Waals surface area contributed by atoms with Gasteiger partial charge < -0.3 is 29.3 Å². The molecule has 0 spiro atoms. The average molecular weight is 648 g/mol. The minimum absolute atomic E-state index is 0.00709. The maximum absolute atomic E-state index is 14.2. The van der Waals surface area contributed by atoms with Gasteiger partial charge in [0, 0.05) is 33.9 Å². The molecule has 0 aromatic carbocycles. The molecule has 260 valence electrons. The quantitative estimate of drug-likeness (QED) is 0.198. The number of likely N-dealkylation sites (tertiary alicyclic amines) is 2. The van der Waals surface area contributed by atoms with Gasteiger partial charge in [-0.15, -0.1) is 0 Å². The summed E-state index contributed by atoms with van der Waals surface area (Å²) in [5, 5.41) is 12.5. The van der Waals surface area contributed by atoms with Crippen LogP contribution in [-0.4, -0.2) is 122 Å². The average Bonchev–Trinajstić information content (AvgIpc) is 3.80. The standard InChI is InChI=1S/C34H57N5O7/c1-10-21(4)29(26(44-7)19-27(40)39-16-11-12-25(39)31(45-8)22(5)34(43)46-9)37(6)33(42)28(20(2)3)36-32(41)30-23-13-14-24(18-23)38(30)17-15-35/h20-26,28-31H,10-14,16-19H2,1-9H3,(H,36,41)/t21-,22+,23-,24+,25?,26+,28?,29-,30-,31+/m0/s1. The Bertz CT molecular complexity index is 1110. The number of nitrogens with one attached hydrogen (secondary N) is 1. The van der Waals surface area contributed by atoms with Crippen LogP contribution >= 0.6 is 0 Å². The van der Waals surface area contributed by atoms with Gasteiger partial charge >= 0.3 is 5.97 Å². The van der Waals surface area contributed by atoms with Gasteiger partial charge in [0.05, 0.1) is 62.4 Å². The van der Waals surface area contributed by atoms with E-state index in [0.29, 0.717) is 13.0 Å². The molecule has 0 aromatic heterocycles. The van der Waals surface area contributed by atoms with Crippen LogP contribution in [0.1, 0.15) is 79.6 Å². The third-order valence-electron chi connectivity index (χ3n) is 10.9. The molecule has 46 heavy (non-hydrogen) atoms. The second-order valence-corrected chi connectivity index (χ2v) is 13.8. The van der Waals surface area contributed by atoms with E-state index in [0.717, 1.165) is 32.1 Å². The lowest BCUT2D eigenvalue weighted by Crippen LogP contribution is -2.60. The van der Waals surface area contributed by atoms with E-state index < -0.39 is 36.3 Å². The van der Waals surface area contributed by atoms with Crippen molar-refractivity contribution in [2.24, 2.45) is 23.7 Å². The second kappa shape index (κ2) is 16.9. The largest absolute Gasteiger partial charge is 0.469 e. The van der Waals surface area contributed by atoms with Crippen molar-refractivity contribution in [3.63, 3.8) is 0 Å². The molecule has 3 amide bonds. The Hall–Kier alpha value is -2.75. The van der Waals surface area contributed by atoms with Gasteiger partial charge in [-0.1, -0.05) is 34.1 Å². The topological polar surface area (TPSA) is 142 Å². The van der Waals surface area contributed by atoms with E-state index in [9.17, 15) is 24.4 Å². The van der Waals surface area contributed by atoms with Crippen LogP contribution in [0.3, 0.4) is 0 Å². The highest BCUT2D eigenvalue weighted by Gasteiger charge is 2.50. The van der Waals surface area contributed by atoms with Crippen molar-refractivity contribution < 1.29 is 33.4 Å². The van der Waals surface area contributed by atoms with E-state index in [1.54, 1.807) is 38.0 Å². The maximum atomic E-state index is 14.2. The molecule has 1 saturated carbocycles. The summed E-state index contributed by atoms with van der Waals surface area (Å²) in [5.41, 5.74) is 0. The number of ether oxygens (including phenoxy) is 3. The molecule has 12 nitrogen and oxygen atoms in total. The van der Waals surface area contributed by atoms with Crippen molar-refractivity contribution in [3.05, 3.63) is 0 Å². The molecule has 2 heterocycles. The van der Waals surface area contributed by atoms with Crippen LogP contribution in [0.15, 0.2) is 0 Å². The minimum Gasteiger partial charge on any atom is -0.469 e. The highest BCUT2D eigenvalue weighted by Crippen LogP contribution is 2.42. The molecule has 10 atom stereocenters. The molecule has 2 saturated heterocycles. The van der Waals surface area contributed by atoms with Crippen molar-refractivity contribution in [1.29, 1.82) is 5.26 Å². The first-order chi connectivity index (χ1) is 21.9. The maximum Gasteiger partial charge on any atom is 0.311 e. The fraction of sp³-hybridized carbons (Fsp3) is 0.853. The first-order valence-corrected chi connectivity index (χ1v) is 17.0. The zero-order valence-electron chi connectivity index (χ0n) is 29.4. The minimum atomic E-state index is -0.773. The highest BCUT2D eigenvalue weighted by molar-refractivity contribution is 5.90. The molecular weight excluding hydrogens is 590 g/mol. The van der Waals surface area contributed by atoms with Crippen molar-refractivity contribution >= 4 is 23.7 Å². The van der Waals surface area contributed by atoms with Gasteiger partial charge in [0.1, 0.15) is 6.04 Å². The number of rotatable bonds is 16. The molecule has 1 N–H and O–H groups in total. The molecule has 0 radical (unpaired) electrons. The van der Waals surface area contributed by atoms with Gasteiger partial charge in [-0.05, 0) is 56.8 Å². The molecular formula is C34H57N5O7. The van der Waals surface area contributed by atoms with Crippen molar-refractivity contribution in [3.8, 4) is 6.07 Å². The van der Waals surface area contributed by atoms with Crippen LogP contribution in [0.2, 0.25) is 0 Å². The number of esters is 1. The number of fused-ring (bicyclic) bond motifs is 2. The smallest absolute Gasteiger partial charge is 0.311 e. The number of nitriles is 1. The molecule has 3 rings (SSSR count). The van der Waals surface area contributed by atoms with E-state index in [1.165, 1.54) is 7.11 Å². The fourth-order valence-corrected chi connectivity index (χ4v) is 8.20. The number of hydrogen-bond donors (Lipinski definition) is 1. The van der Waals surface area contributed by atoms with Gasteiger partial charge in [-0.2, -0.15) is 5.26 Å². The fourth-order valence-electron chi connectivity index (χ4n) is 8.20. The summed E-state index contributed by atoms with van der Waals surface area (Å²) in [5.74, 6) is -1.48. The van der Waals surface area contributed by atoms with Crippen LogP contribution in [-0.2, 0) is 33.4 Å². The van der Waals surface area contributed by atoms with Crippen LogP contribution < -0.4 is 5.32 Å². The zero-order chi connectivity index (χ0) is 34.3. The van der Waals surface area contributed by atoms with Crippen LogP contribution in [0.25, 0.3) is 0 Å². The lowest BCUT2D eigenvalue weighted by molar-refractivity contribution is -0.154. The predicted octanol–water partition coefficient (Wildman–Crippen LogP) is 2.60. The SMILES string of the molecule is CC[C@H](C)[C@@H]([C@@H](CC(=O)N1CCCC1[C@H](OC)[C@@H](C)C(=O)OC)OC)N(C)C(=O)C(NC(=O)[C@@H]1[C@H]2CC[C@H](C2)N1CC#N)C(C)C. The number of carbonyl (C=O) groups is 4. The zero-order valence-corrected chi connectivity index (χ0v) is 29.4. The number of likely N-dealkylation sites (N-methyl/N-ethyl adjacent to an activating group) is 1. The molecule has 12 heteroatoms. The summed E-state index contributed by atoms with van der Waals surface area (Å²) in [6.07, 6.45) is 4.04. The van der Waals surface area contributed by atoms with E-state index in [4.69, 9.17) is 14.2 Å². The molecule has 3 fully saturated rings. The van der Waals surface area contributed by atoms with Crippen LogP contribution in [0.5, 0.6) is 0 Å². The Morgan fingerprint density at radius 2 is 1.74 bits per heavy atom. The van der Waals surface area contributed by atoms with Gasteiger partial charge in [-0.25, -0.2) is 0 Å². The summed E-state index contributed by atoms with van der Waals surface area (Å²) in [6, 6.07) is 0.557. The number of hydrogen-bond acceptors (Lipinski definition) is 9. The molecule has 2 unspecified atom stereocenters. The summed E-state index contributed by atoms with van der Waals surface area (Å²) >= 11 is 0. The molecule has 3 aliphatic rings. The van der Waals surface area contributed by atoms with E-state index in [1.807, 2.05) is 32.6 Å². The molecule has 2 aliphatic heterocycles. The number of amides is 3. The van der Waals surface area contributed by atoms with Crippen LogP contribution in [0, 0.1) is 35.0 Å². The molecule has 2 bridgehead atoms. The molecule has 1 aliphatic carbocycles.